The number of pyridine rings is 1. The van der Waals surface area contributed by atoms with E-state index in [0.717, 1.165) is 0 Å². The molecule has 104 valence electrons. The van der Waals surface area contributed by atoms with Crippen molar-refractivity contribution in [1.29, 1.82) is 0 Å². The number of aromatic carboxylic acids is 1. The van der Waals surface area contributed by atoms with Crippen LogP contribution in [0.2, 0.25) is 5.15 Å². The van der Waals surface area contributed by atoms with E-state index in [4.69, 9.17) is 16.7 Å². The molecule has 0 aliphatic carbocycles. The first-order valence-corrected chi connectivity index (χ1v) is 7.22. The molecule has 0 atom stereocenters. The molecule has 0 unspecified atom stereocenters. The van der Waals surface area contributed by atoms with Gasteiger partial charge in [0.1, 0.15) is 5.15 Å². The minimum Gasteiger partial charge on any atom is -0.478 e. The fourth-order valence-electron chi connectivity index (χ4n) is 1.45. The van der Waals surface area contributed by atoms with Crippen molar-refractivity contribution in [2.75, 3.05) is 4.72 Å². The second-order valence-electron chi connectivity index (χ2n) is 3.80. The van der Waals surface area contributed by atoms with E-state index in [2.05, 4.69) is 9.71 Å². The predicted molar refractivity (Wildman–Crippen MR) is 73.5 cm³/mol. The molecule has 8 heteroatoms. The first kappa shape index (κ1) is 14.3. The molecule has 0 radical (unpaired) electrons. The summed E-state index contributed by atoms with van der Waals surface area (Å²) < 4.78 is 26.4. The van der Waals surface area contributed by atoms with E-state index in [1.54, 1.807) is 0 Å². The highest BCUT2D eigenvalue weighted by Gasteiger charge is 2.15. The van der Waals surface area contributed by atoms with Gasteiger partial charge in [-0.25, -0.2) is 18.2 Å². The van der Waals surface area contributed by atoms with Gasteiger partial charge in [0.25, 0.3) is 10.0 Å². The Kier molecular flexibility index (Phi) is 3.91. The highest BCUT2D eigenvalue weighted by Crippen LogP contribution is 2.18. The second kappa shape index (κ2) is 5.48. The molecule has 0 amide bonds. The van der Waals surface area contributed by atoms with Crippen LogP contribution in [0.5, 0.6) is 0 Å². The monoisotopic (exact) mass is 312 g/mol. The summed E-state index contributed by atoms with van der Waals surface area (Å²) in [4.78, 5) is 14.4. The molecule has 1 aromatic heterocycles. The molecule has 20 heavy (non-hydrogen) atoms. The molecule has 1 aromatic carbocycles. The van der Waals surface area contributed by atoms with Gasteiger partial charge >= 0.3 is 5.97 Å². The minimum atomic E-state index is -3.79. The van der Waals surface area contributed by atoms with Crippen LogP contribution in [0.3, 0.4) is 0 Å². The lowest BCUT2D eigenvalue weighted by molar-refractivity contribution is 0.0697. The summed E-state index contributed by atoms with van der Waals surface area (Å²) in [5.74, 6) is -1.08. The first-order chi connectivity index (χ1) is 9.38. The summed E-state index contributed by atoms with van der Waals surface area (Å²) in [6, 6.07) is 7.86. The number of nitrogens with zero attached hydrogens (tertiary/aromatic N) is 1. The summed E-state index contributed by atoms with van der Waals surface area (Å²) in [6.07, 6.45) is 1.28. The van der Waals surface area contributed by atoms with Gasteiger partial charge in [-0.1, -0.05) is 11.6 Å². The first-order valence-electron chi connectivity index (χ1n) is 5.36. The van der Waals surface area contributed by atoms with E-state index in [1.165, 1.54) is 42.6 Å². The van der Waals surface area contributed by atoms with Gasteiger partial charge in [-0.3, -0.25) is 4.72 Å². The predicted octanol–water partition coefficient (Wildman–Crippen LogP) is 2.23. The van der Waals surface area contributed by atoms with Gasteiger partial charge in [-0.15, -0.1) is 0 Å². The Labute approximate surface area is 120 Å². The van der Waals surface area contributed by atoms with Crippen LogP contribution in [0, 0.1) is 0 Å². The van der Waals surface area contributed by atoms with Crippen LogP contribution in [-0.2, 0) is 10.0 Å². The van der Waals surface area contributed by atoms with Gasteiger partial charge in [0, 0.05) is 11.9 Å². The number of benzene rings is 1. The maximum Gasteiger partial charge on any atom is 0.335 e. The van der Waals surface area contributed by atoms with Gasteiger partial charge in [-0.2, -0.15) is 0 Å². The van der Waals surface area contributed by atoms with Gasteiger partial charge in [0.05, 0.1) is 10.5 Å². The van der Waals surface area contributed by atoms with Crippen molar-refractivity contribution in [3.8, 4) is 0 Å². The number of carbonyl (C=O) groups is 1. The van der Waals surface area contributed by atoms with Crippen LogP contribution in [-0.4, -0.2) is 24.5 Å². The average Bonchev–Trinajstić information content (AvgIpc) is 2.39. The third-order valence-corrected chi connectivity index (χ3v) is 3.98. The van der Waals surface area contributed by atoms with Gasteiger partial charge in [0.2, 0.25) is 0 Å². The van der Waals surface area contributed by atoms with Crippen molar-refractivity contribution in [3.05, 3.63) is 53.3 Å². The lowest BCUT2D eigenvalue weighted by Gasteiger charge is -2.08. The molecule has 2 N–H and O–H groups in total. The molecule has 0 fully saturated rings. The number of carboxylic acids is 1. The average molecular weight is 313 g/mol. The van der Waals surface area contributed by atoms with Crippen LogP contribution in [0.4, 0.5) is 5.69 Å². The third-order valence-electron chi connectivity index (χ3n) is 2.39. The molecule has 0 aliphatic rings. The summed E-state index contributed by atoms with van der Waals surface area (Å²) in [6.45, 7) is 0. The molecule has 1 heterocycles. The Balaban J connectivity index is 2.26. The van der Waals surface area contributed by atoms with E-state index in [-0.39, 0.29) is 21.3 Å². The van der Waals surface area contributed by atoms with Crippen molar-refractivity contribution in [2.24, 2.45) is 0 Å². The zero-order valence-electron chi connectivity index (χ0n) is 9.95. The summed E-state index contributed by atoms with van der Waals surface area (Å²) in [7, 11) is -3.79. The minimum absolute atomic E-state index is 0.0280. The number of anilines is 1. The number of nitrogens with one attached hydrogen (secondary N) is 1. The standard InChI is InChI=1S/C12H9ClN2O4S/c13-11-7-10(5-6-14-11)20(18,19)15-9-3-1-8(2-4-9)12(16)17/h1-7,15H,(H,16,17). The smallest absolute Gasteiger partial charge is 0.335 e. The molecule has 0 bridgehead atoms. The SMILES string of the molecule is O=C(O)c1ccc(NS(=O)(=O)c2ccnc(Cl)c2)cc1. The topological polar surface area (TPSA) is 96.4 Å². The van der Waals surface area contributed by atoms with Crippen LogP contribution < -0.4 is 4.72 Å². The van der Waals surface area contributed by atoms with E-state index in [1.807, 2.05) is 0 Å². The highest BCUT2D eigenvalue weighted by atomic mass is 35.5. The maximum atomic E-state index is 12.1. The van der Waals surface area contributed by atoms with Crippen LogP contribution in [0.1, 0.15) is 10.4 Å². The van der Waals surface area contributed by atoms with Crippen molar-refractivity contribution >= 4 is 33.3 Å². The quantitative estimate of drug-likeness (QED) is 0.844. The largest absolute Gasteiger partial charge is 0.478 e. The van der Waals surface area contributed by atoms with E-state index < -0.39 is 16.0 Å². The van der Waals surface area contributed by atoms with Crippen molar-refractivity contribution < 1.29 is 18.3 Å². The molecule has 0 saturated heterocycles. The van der Waals surface area contributed by atoms with Crippen molar-refractivity contribution in [2.45, 2.75) is 4.90 Å². The van der Waals surface area contributed by atoms with Crippen molar-refractivity contribution in [3.63, 3.8) is 0 Å². The Morgan fingerprint density at radius 1 is 1.20 bits per heavy atom. The van der Waals surface area contributed by atoms with Crippen LogP contribution in [0.25, 0.3) is 0 Å². The summed E-state index contributed by atoms with van der Waals surface area (Å²) in [5.41, 5.74) is 0.322. The molecule has 6 nitrogen and oxygen atoms in total. The van der Waals surface area contributed by atoms with Crippen molar-refractivity contribution in [1.82, 2.24) is 4.98 Å². The molecule has 2 aromatic rings. The lowest BCUT2D eigenvalue weighted by atomic mass is 10.2. The highest BCUT2D eigenvalue weighted by molar-refractivity contribution is 7.92. The fraction of sp³-hybridized carbons (Fsp3) is 0. The Morgan fingerprint density at radius 3 is 2.40 bits per heavy atom. The number of hydrogen-bond acceptors (Lipinski definition) is 4. The Bertz CT molecular complexity index is 744. The molecular formula is C12H9ClN2O4S. The molecular weight excluding hydrogens is 304 g/mol. The maximum absolute atomic E-state index is 12.1. The number of halogens is 1. The number of sulfonamides is 1. The number of aromatic nitrogens is 1. The van der Waals surface area contributed by atoms with E-state index >= 15 is 0 Å². The molecule has 0 spiro atoms. The fourth-order valence-corrected chi connectivity index (χ4v) is 2.76. The third kappa shape index (κ3) is 3.25. The summed E-state index contributed by atoms with van der Waals surface area (Å²) in [5, 5.41) is 8.82. The molecule has 2 rings (SSSR count). The summed E-state index contributed by atoms with van der Waals surface area (Å²) >= 11 is 5.64. The van der Waals surface area contributed by atoms with E-state index in [0.29, 0.717) is 0 Å². The normalized spacial score (nSPS) is 11.1. The molecule has 0 saturated carbocycles. The number of carboxylic acid groups (broad SMARTS) is 1. The Hall–Kier alpha value is -2.12. The van der Waals surface area contributed by atoms with Gasteiger partial charge in [-0.05, 0) is 36.4 Å². The number of rotatable bonds is 4. The lowest BCUT2D eigenvalue weighted by Crippen LogP contribution is -2.13. The number of hydrogen-bond donors (Lipinski definition) is 2. The van der Waals surface area contributed by atoms with Crippen LogP contribution >= 0.6 is 11.6 Å². The zero-order chi connectivity index (χ0) is 14.8. The second-order valence-corrected chi connectivity index (χ2v) is 5.87. The van der Waals surface area contributed by atoms with Gasteiger partial charge < -0.3 is 5.11 Å². The van der Waals surface area contributed by atoms with E-state index in [9.17, 15) is 13.2 Å². The van der Waals surface area contributed by atoms with Crippen LogP contribution in [0.15, 0.2) is 47.5 Å². The Morgan fingerprint density at radius 2 is 1.85 bits per heavy atom. The zero-order valence-corrected chi connectivity index (χ0v) is 11.5. The molecule has 0 aliphatic heterocycles. The van der Waals surface area contributed by atoms with Gasteiger partial charge in [0.15, 0.2) is 0 Å².